The Hall–Kier alpha value is -0.610. The molecule has 0 amide bonds. The highest BCUT2D eigenvalue weighted by molar-refractivity contribution is 5.79. The minimum absolute atomic E-state index is 0.0679. The van der Waals surface area contributed by atoms with Gasteiger partial charge in [-0.1, -0.05) is 13.8 Å². The standard InChI is InChI=1S/C12H21NO3/c1-4-13(5-2)10-9-8-15-7-6-12(9,3)16-11(10)14/h9-10H,4-8H2,1-3H3. The van der Waals surface area contributed by atoms with Gasteiger partial charge in [0.05, 0.1) is 13.2 Å². The van der Waals surface area contributed by atoms with Gasteiger partial charge < -0.3 is 9.47 Å². The van der Waals surface area contributed by atoms with Crippen molar-refractivity contribution in [2.45, 2.75) is 38.8 Å². The molecule has 0 aliphatic carbocycles. The van der Waals surface area contributed by atoms with E-state index in [1.54, 1.807) is 0 Å². The highest BCUT2D eigenvalue weighted by Gasteiger charge is 2.55. The van der Waals surface area contributed by atoms with E-state index in [1.165, 1.54) is 0 Å². The Labute approximate surface area is 96.9 Å². The zero-order valence-electron chi connectivity index (χ0n) is 10.4. The van der Waals surface area contributed by atoms with Gasteiger partial charge in [-0.2, -0.15) is 0 Å². The van der Waals surface area contributed by atoms with Gasteiger partial charge >= 0.3 is 5.97 Å². The van der Waals surface area contributed by atoms with Crippen LogP contribution in [0.5, 0.6) is 0 Å². The molecule has 0 aromatic carbocycles. The van der Waals surface area contributed by atoms with Crippen molar-refractivity contribution in [3.8, 4) is 0 Å². The number of likely N-dealkylation sites (N-methyl/N-ethyl adjacent to an activating group) is 1. The highest BCUT2D eigenvalue weighted by atomic mass is 16.6. The van der Waals surface area contributed by atoms with Gasteiger partial charge in [-0.05, 0) is 20.0 Å². The molecule has 3 unspecified atom stereocenters. The summed E-state index contributed by atoms with van der Waals surface area (Å²) in [5.74, 6) is 0.121. The van der Waals surface area contributed by atoms with Crippen molar-refractivity contribution in [1.82, 2.24) is 4.90 Å². The van der Waals surface area contributed by atoms with Crippen molar-refractivity contribution < 1.29 is 14.3 Å². The Morgan fingerprint density at radius 3 is 2.75 bits per heavy atom. The quantitative estimate of drug-likeness (QED) is 0.676. The van der Waals surface area contributed by atoms with Crippen molar-refractivity contribution in [2.75, 3.05) is 26.3 Å². The molecule has 2 saturated heterocycles. The summed E-state index contributed by atoms with van der Waals surface area (Å²) >= 11 is 0. The summed E-state index contributed by atoms with van der Waals surface area (Å²) in [6.07, 6.45) is 0.821. The first-order valence-corrected chi connectivity index (χ1v) is 6.17. The topological polar surface area (TPSA) is 38.8 Å². The fourth-order valence-electron chi connectivity index (χ4n) is 2.87. The van der Waals surface area contributed by atoms with Crippen LogP contribution < -0.4 is 0 Å². The molecule has 92 valence electrons. The number of nitrogens with zero attached hydrogens (tertiary/aromatic N) is 1. The van der Waals surface area contributed by atoms with E-state index < -0.39 is 0 Å². The third-order valence-electron chi connectivity index (χ3n) is 3.99. The second-order valence-electron chi connectivity index (χ2n) is 4.83. The van der Waals surface area contributed by atoms with Gasteiger partial charge in [-0.15, -0.1) is 0 Å². The lowest BCUT2D eigenvalue weighted by Crippen LogP contribution is -2.49. The summed E-state index contributed by atoms with van der Waals surface area (Å²) in [5, 5.41) is 0. The molecule has 2 aliphatic heterocycles. The van der Waals surface area contributed by atoms with Crippen LogP contribution in [0.2, 0.25) is 0 Å². The molecule has 2 fully saturated rings. The fourth-order valence-corrected chi connectivity index (χ4v) is 2.87. The Morgan fingerprint density at radius 2 is 2.12 bits per heavy atom. The predicted molar refractivity (Wildman–Crippen MR) is 60.1 cm³/mol. The van der Waals surface area contributed by atoms with Crippen LogP contribution in [0, 0.1) is 5.92 Å². The first-order valence-electron chi connectivity index (χ1n) is 6.17. The fraction of sp³-hybridized carbons (Fsp3) is 0.917. The molecule has 0 spiro atoms. The average Bonchev–Trinajstić information content (AvgIpc) is 2.52. The molecule has 0 aromatic heterocycles. The number of hydrogen-bond acceptors (Lipinski definition) is 4. The molecule has 16 heavy (non-hydrogen) atoms. The molecule has 0 saturated carbocycles. The van der Waals surface area contributed by atoms with Crippen molar-refractivity contribution in [3.05, 3.63) is 0 Å². The van der Waals surface area contributed by atoms with Gasteiger partial charge in [-0.25, -0.2) is 0 Å². The lowest BCUT2D eigenvalue weighted by molar-refractivity contribution is -0.154. The van der Waals surface area contributed by atoms with E-state index in [1.807, 2.05) is 6.92 Å². The van der Waals surface area contributed by atoms with Crippen LogP contribution in [0.1, 0.15) is 27.2 Å². The van der Waals surface area contributed by atoms with Crippen molar-refractivity contribution >= 4 is 5.97 Å². The largest absolute Gasteiger partial charge is 0.458 e. The molecule has 4 heteroatoms. The molecule has 2 heterocycles. The van der Waals surface area contributed by atoms with E-state index >= 15 is 0 Å². The van der Waals surface area contributed by atoms with E-state index in [9.17, 15) is 4.79 Å². The number of carbonyl (C=O) groups excluding carboxylic acids is 1. The second-order valence-corrected chi connectivity index (χ2v) is 4.83. The van der Waals surface area contributed by atoms with Gasteiger partial charge in [0.25, 0.3) is 0 Å². The SMILES string of the molecule is CCN(CC)C1C(=O)OC2(C)CCOCC12. The molecule has 0 bridgehead atoms. The Kier molecular flexibility index (Phi) is 3.22. The lowest BCUT2D eigenvalue weighted by Gasteiger charge is -2.37. The predicted octanol–water partition coefficient (Wildman–Crippen LogP) is 1.05. The normalized spacial score (nSPS) is 38.6. The maximum atomic E-state index is 12.0. The third kappa shape index (κ3) is 1.74. The van der Waals surface area contributed by atoms with Gasteiger partial charge in [-0.3, -0.25) is 9.69 Å². The molecule has 2 aliphatic rings. The van der Waals surface area contributed by atoms with Crippen LogP contribution in [-0.4, -0.2) is 48.8 Å². The summed E-state index contributed by atoms with van der Waals surface area (Å²) in [6.45, 7) is 9.30. The summed E-state index contributed by atoms with van der Waals surface area (Å²) in [4.78, 5) is 14.2. The molecule has 2 rings (SSSR count). The minimum atomic E-state index is -0.303. The van der Waals surface area contributed by atoms with Crippen LogP contribution in [-0.2, 0) is 14.3 Å². The van der Waals surface area contributed by atoms with E-state index in [-0.39, 0.29) is 23.5 Å². The van der Waals surface area contributed by atoms with E-state index in [4.69, 9.17) is 9.47 Å². The van der Waals surface area contributed by atoms with Crippen LogP contribution >= 0.6 is 0 Å². The Bertz CT molecular complexity index is 277. The number of hydrogen-bond donors (Lipinski definition) is 0. The van der Waals surface area contributed by atoms with E-state index in [0.29, 0.717) is 13.2 Å². The van der Waals surface area contributed by atoms with Crippen molar-refractivity contribution in [3.63, 3.8) is 0 Å². The maximum absolute atomic E-state index is 12.0. The highest BCUT2D eigenvalue weighted by Crippen LogP contribution is 2.40. The average molecular weight is 227 g/mol. The summed E-state index contributed by atoms with van der Waals surface area (Å²) in [6, 6.07) is -0.111. The van der Waals surface area contributed by atoms with E-state index in [0.717, 1.165) is 19.5 Å². The van der Waals surface area contributed by atoms with Crippen LogP contribution in [0.3, 0.4) is 0 Å². The molecule has 3 atom stereocenters. The monoisotopic (exact) mass is 227 g/mol. The number of fused-ring (bicyclic) bond motifs is 1. The Balaban J connectivity index is 2.21. The summed E-state index contributed by atoms with van der Waals surface area (Å²) in [7, 11) is 0. The summed E-state index contributed by atoms with van der Waals surface area (Å²) in [5.41, 5.74) is -0.303. The third-order valence-corrected chi connectivity index (χ3v) is 3.99. The van der Waals surface area contributed by atoms with E-state index in [2.05, 4.69) is 18.7 Å². The van der Waals surface area contributed by atoms with Gasteiger partial charge in [0.2, 0.25) is 0 Å². The van der Waals surface area contributed by atoms with Gasteiger partial charge in [0, 0.05) is 12.3 Å². The Morgan fingerprint density at radius 1 is 1.44 bits per heavy atom. The molecule has 0 N–H and O–H groups in total. The van der Waals surface area contributed by atoms with Crippen molar-refractivity contribution in [1.29, 1.82) is 0 Å². The maximum Gasteiger partial charge on any atom is 0.324 e. The lowest BCUT2D eigenvalue weighted by atomic mass is 9.82. The zero-order chi connectivity index (χ0) is 11.8. The van der Waals surface area contributed by atoms with Crippen LogP contribution in [0.25, 0.3) is 0 Å². The first kappa shape index (κ1) is 11.9. The van der Waals surface area contributed by atoms with Gasteiger partial charge in [0.1, 0.15) is 11.6 Å². The van der Waals surface area contributed by atoms with Crippen LogP contribution in [0.4, 0.5) is 0 Å². The second kappa shape index (κ2) is 4.34. The molecule has 0 aromatic rings. The molecule has 4 nitrogen and oxygen atoms in total. The van der Waals surface area contributed by atoms with Crippen LogP contribution in [0.15, 0.2) is 0 Å². The summed E-state index contributed by atoms with van der Waals surface area (Å²) < 4.78 is 11.1. The molecule has 0 radical (unpaired) electrons. The molecular weight excluding hydrogens is 206 g/mol. The van der Waals surface area contributed by atoms with Crippen molar-refractivity contribution in [2.24, 2.45) is 5.92 Å². The zero-order valence-corrected chi connectivity index (χ0v) is 10.4. The number of ether oxygens (including phenoxy) is 2. The first-order chi connectivity index (χ1) is 7.62. The number of esters is 1. The number of rotatable bonds is 3. The number of carbonyl (C=O) groups is 1. The molecular formula is C12H21NO3. The van der Waals surface area contributed by atoms with Gasteiger partial charge in [0.15, 0.2) is 0 Å². The minimum Gasteiger partial charge on any atom is -0.458 e. The smallest absolute Gasteiger partial charge is 0.324 e.